The molecule has 0 N–H and O–H groups in total. The van der Waals surface area contributed by atoms with Crippen molar-refractivity contribution in [2.75, 3.05) is 0 Å². The third kappa shape index (κ3) is 2.24. The van der Waals surface area contributed by atoms with E-state index in [4.69, 9.17) is 13.7 Å². The van der Waals surface area contributed by atoms with Crippen LogP contribution in [0, 0.1) is 0 Å². The zero-order valence-electron chi connectivity index (χ0n) is 18.7. The maximum Gasteiger partial charge on any atom is 0.494 e. The van der Waals surface area contributed by atoms with Crippen LogP contribution in [0.4, 0.5) is 0 Å². The lowest BCUT2D eigenvalue weighted by Crippen LogP contribution is -2.41. The van der Waals surface area contributed by atoms with Gasteiger partial charge in [0.25, 0.3) is 0 Å². The van der Waals surface area contributed by atoms with E-state index in [-0.39, 0.29) is 11.2 Å². The molecule has 4 aromatic carbocycles. The molecule has 1 aromatic heterocycles. The molecule has 2 heterocycles. The van der Waals surface area contributed by atoms with Crippen LogP contribution in [0.25, 0.3) is 55.0 Å². The largest absolute Gasteiger partial charge is 0.494 e. The van der Waals surface area contributed by atoms with Crippen molar-refractivity contribution in [2.45, 2.75) is 38.9 Å². The summed E-state index contributed by atoms with van der Waals surface area (Å²) >= 11 is 0. The minimum Gasteiger partial charge on any atom is -0.455 e. The van der Waals surface area contributed by atoms with Crippen LogP contribution in [0.5, 0.6) is 0 Å². The lowest BCUT2D eigenvalue weighted by atomic mass is 9.78. The third-order valence-corrected chi connectivity index (χ3v) is 7.64. The van der Waals surface area contributed by atoms with Gasteiger partial charge in [-0.15, -0.1) is 0 Å². The Kier molecular flexibility index (Phi) is 3.37. The van der Waals surface area contributed by atoms with E-state index in [9.17, 15) is 0 Å². The van der Waals surface area contributed by atoms with Gasteiger partial charge in [-0.2, -0.15) is 0 Å². The summed E-state index contributed by atoms with van der Waals surface area (Å²) in [5.74, 6) is 0. The predicted octanol–water partition coefficient (Wildman–Crippen LogP) is 6.69. The van der Waals surface area contributed by atoms with Gasteiger partial charge >= 0.3 is 7.12 Å². The highest BCUT2D eigenvalue weighted by Crippen LogP contribution is 2.51. The van der Waals surface area contributed by atoms with Crippen LogP contribution in [-0.2, 0) is 9.31 Å². The van der Waals surface area contributed by atoms with E-state index in [1.165, 1.54) is 33.0 Å². The van der Waals surface area contributed by atoms with Crippen molar-refractivity contribution >= 4 is 45.3 Å². The van der Waals surface area contributed by atoms with Gasteiger partial charge in [-0.3, -0.25) is 0 Å². The van der Waals surface area contributed by atoms with E-state index in [2.05, 4.69) is 94.4 Å². The molecule has 0 radical (unpaired) electrons. The first-order valence-corrected chi connectivity index (χ1v) is 11.2. The molecule has 32 heavy (non-hydrogen) atoms. The van der Waals surface area contributed by atoms with Crippen LogP contribution in [-0.4, -0.2) is 18.3 Å². The normalized spacial score (nSPS) is 18.2. The summed E-state index contributed by atoms with van der Waals surface area (Å²) in [6, 6.07) is 23.7. The summed E-state index contributed by atoms with van der Waals surface area (Å²) in [6.45, 7) is 8.34. The van der Waals surface area contributed by atoms with E-state index >= 15 is 0 Å². The summed E-state index contributed by atoms with van der Waals surface area (Å²) in [5, 5.41) is 4.76. The first-order chi connectivity index (χ1) is 15.3. The molecule has 7 rings (SSSR count). The number of benzene rings is 4. The molecule has 0 atom stereocenters. The molecule has 156 valence electrons. The van der Waals surface area contributed by atoms with Crippen LogP contribution in [0.2, 0.25) is 0 Å². The van der Waals surface area contributed by atoms with Crippen LogP contribution in [0.3, 0.4) is 0 Å². The number of rotatable bonds is 1. The van der Waals surface area contributed by atoms with Crippen molar-refractivity contribution in [2.24, 2.45) is 0 Å². The zero-order valence-corrected chi connectivity index (χ0v) is 18.7. The molecule has 0 amide bonds. The smallest absolute Gasteiger partial charge is 0.455 e. The number of hydrogen-bond acceptors (Lipinski definition) is 3. The molecule has 1 aliphatic carbocycles. The monoisotopic (exact) mass is 418 g/mol. The van der Waals surface area contributed by atoms with Gasteiger partial charge < -0.3 is 13.7 Å². The molecular weight excluding hydrogens is 395 g/mol. The van der Waals surface area contributed by atoms with Crippen molar-refractivity contribution < 1.29 is 13.7 Å². The molecule has 4 heteroatoms. The topological polar surface area (TPSA) is 31.6 Å². The molecular formula is C28H23BO3. The maximum atomic E-state index is 6.49. The Morgan fingerprint density at radius 2 is 1.41 bits per heavy atom. The van der Waals surface area contributed by atoms with Gasteiger partial charge in [0.2, 0.25) is 0 Å². The quantitative estimate of drug-likeness (QED) is 0.279. The van der Waals surface area contributed by atoms with E-state index in [0.717, 1.165) is 27.4 Å². The Bertz CT molecular complexity index is 1580. The molecule has 5 aromatic rings. The van der Waals surface area contributed by atoms with Crippen molar-refractivity contribution in [3.8, 4) is 22.3 Å². The highest BCUT2D eigenvalue weighted by molar-refractivity contribution is 6.62. The SMILES string of the molecule is CC1(C)OB(c2ccc3oc4c5c6c(cccc6cc4c3c2)-c2ccccc2-5)OC1(C)C. The van der Waals surface area contributed by atoms with E-state index < -0.39 is 7.12 Å². The summed E-state index contributed by atoms with van der Waals surface area (Å²) in [6.07, 6.45) is 0. The average Bonchev–Trinajstić information content (AvgIpc) is 3.37. The highest BCUT2D eigenvalue weighted by atomic mass is 16.7. The standard InChI is InChI=1S/C28H23BO3/c1-27(2)28(3,4)32-29(31-27)17-12-13-23-21(15-17)22-14-16-8-7-11-19-18-9-5-6-10-20(18)25(24(16)19)26(22)30-23/h5-15H,1-4H3. The van der Waals surface area contributed by atoms with Gasteiger partial charge in [0.1, 0.15) is 11.2 Å². The van der Waals surface area contributed by atoms with Crippen molar-refractivity contribution in [3.63, 3.8) is 0 Å². The lowest BCUT2D eigenvalue weighted by molar-refractivity contribution is 0.00578. The van der Waals surface area contributed by atoms with Gasteiger partial charge in [0.05, 0.1) is 11.2 Å². The summed E-state index contributed by atoms with van der Waals surface area (Å²) in [5.41, 5.74) is 7.14. The fraction of sp³-hybridized carbons (Fsp3) is 0.214. The minimum absolute atomic E-state index is 0.368. The number of hydrogen-bond donors (Lipinski definition) is 0. The Morgan fingerprint density at radius 1 is 0.688 bits per heavy atom. The van der Waals surface area contributed by atoms with Crippen LogP contribution in [0.15, 0.2) is 71.1 Å². The van der Waals surface area contributed by atoms with Gasteiger partial charge in [-0.05, 0) is 67.4 Å². The van der Waals surface area contributed by atoms with E-state index in [0.29, 0.717) is 0 Å². The van der Waals surface area contributed by atoms with Gasteiger partial charge in [0.15, 0.2) is 0 Å². The molecule has 3 nitrogen and oxygen atoms in total. The van der Waals surface area contributed by atoms with Crippen LogP contribution >= 0.6 is 0 Å². The summed E-state index contributed by atoms with van der Waals surface area (Å²) in [7, 11) is -0.391. The van der Waals surface area contributed by atoms with E-state index in [1.807, 2.05) is 0 Å². The molecule has 2 aliphatic rings. The second kappa shape index (κ2) is 5.83. The second-order valence-corrected chi connectivity index (χ2v) is 10.0. The van der Waals surface area contributed by atoms with Crippen LogP contribution in [0.1, 0.15) is 27.7 Å². The van der Waals surface area contributed by atoms with E-state index in [1.54, 1.807) is 0 Å². The Labute approximate surface area is 187 Å². The van der Waals surface area contributed by atoms with Gasteiger partial charge in [-0.1, -0.05) is 54.6 Å². The zero-order chi connectivity index (χ0) is 21.8. The molecule has 0 spiro atoms. The molecule has 0 saturated carbocycles. The Morgan fingerprint density at radius 3 is 2.19 bits per heavy atom. The molecule has 1 fully saturated rings. The minimum atomic E-state index is -0.391. The van der Waals surface area contributed by atoms with Gasteiger partial charge in [-0.25, -0.2) is 0 Å². The first kappa shape index (κ1) is 18.5. The third-order valence-electron chi connectivity index (χ3n) is 7.64. The summed E-state index contributed by atoms with van der Waals surface area (Å²) in [4.78, 5) is 0. The van der Waals surface area contributed by atoms with Crippen molar-refractivity contribution in [3.05, 3.63) is 66.7 Å². The lowest BCUT2D eigenvalue weighted by Gasteiger charge is -2.32. The number of fused-ring (bicyclic) bond motifs is 7. The maximum absolute atomic E-state index is 6.49. The Balaban J connectivity index is 1.50. The fourth-order valence-electron chi connectivity index (χ4n) is 5.24. The predicted molar refractivity (Wildman–Crippen MR) is 131 cm³/mol. The van der Waals surface area contributed by atoms with Crippen molar-refractivity contribution in [1.29, 1.82) is 0 Å². The average molecular weight is 418 g/mol. The Hall–Kier alpha value is -3.08. The molecule has 0 unspecified atom stereocenters. The van der Waals surface area contributed by atoms with Gasteiger partial charge in [0, 0.05) is 21.7 Å². The summed E-state index contributed by atoms with van der Waals surface area (Å²) < 4.78 is 19.1. The molecule has 0 bridgehead atoms. The second-order valence-electron chi connectivity index (χ2n) is 10.0. The molecule has 1 aliphatic heterocycles. The number of furan rings is 1. The highest BCUT2D eigenvalue weighted by Gasteiger charge is 2.51. The molecule has 1 saturated heterocycles. The van der Waals surface area contributed by atoms with Crippen molar-refractivity contribution in [1.82, 2.24) is 0 Å². The first-order valence-electron chi connectivity index (χ1n) is 11.2. The fourth-order valence-corrected chi connectivity index (χ4v) is 5.24. The van der Waals surface area contributed by atoms with Crippen LogP contribution < -0.4 is 5.46 Å².